The number of rotatable bonds is 5. The molecule has 2 amide bonds. The third-order valence-corrected chi connectivity index (χ3v) is 4.41. The van der Waals surface area contributed by atoms with E-state index in [1.165, 1.54) is 18.2 Å². The van der Waals surface area contributed by atoms with Crippen LogP contribution in [0.2, 0.25) is 5.02 Å². The zero-order valence-electron chi connectivity index (χ0n) is 12.1. The number of halogens is 1. The minimum atomic E-state index is -1.11. The van der Waals surface area contributed by atoms with Crippen molar-refractivity contribution in [2.45, 2.75) is 26.7 Å². The fraction of sp³-hybridized carbons (Fsp3) is 0.467. The summed E-state index contributed by atoms with van der Waals surface area (Å²) in [5.41, 5.74) is 0.405. The van der Waals surface area contributed by atoms with Gasteiger partial charge in [0.05, 0.1) is 11.3 Å². The van der Waals surface area contributed by atoms with Gasteiger partial charge in [-0.3, -0.25) is 0 Å². The molecule has 0 aliphatic heterocycles. The lowest BCUT2D eigenvalue weighted by molar-refractivity contribution is 0.0698. The normalized spacial score (nSPS) is 15.6. The first-order chi connectivity index (χ1) is 9.84. The van der Waals surface area contributed by atoms with Crippen LogP contribution in [0.3, 0.4) is 0 Å². The summed E-state index contributed by atoms with van der Waals surface area (Å²) in [6, 6.07) is 3.87. The molecule has 5 nitrogen and oxygen atoms in total. The number of carboxylic acid groups (broad SMARTS) is 1. The van der Waals surface area contributed by atoms with E-state index in [2.05, 4.69) is 24.5 Å². The molecule has 0 unspecified atom stereocenters. The molecule has 114 valence electrons. The van der Waals surface area contributed by atoms with E-state index in [0.29, 0.717) is 17.5 Å². The van der Waals surface area contributed by atoms with Crippen molar-refractivity contribution in [1.82, 2.24) is 5.32 Å². The molecular formula is C15H19ClN2O3. The third kappa shape index (κ3) is 3.67. The van der Waals surface area contributed by atoms with E-state index < -0.39 is 12.0 Å². The van der Waals surface area contributed by atoms with Crippen molar-refractivity contribution in [3.05, 3.63) is 28.8 Å². The second-order valence-corrected chi connectivity index (χ2v) is 6.26. The Labute approximate surface area is 128 Å². The Hall–Kier alpha value is -1.75. The summed E-state index contributed by atoms with van der Waals surface area (Å²) in [5, 5.41) is 14.8. The third-order valence-electron chi connectivity index (χ3n) is 4.18. The Bertz CT molecular complexity index is 568. The summed E-state index contributed by atoms with van der Waals surface area (Å²) in [6.45, 7) is 4.89. The fourth-order valence-electron chi connectivity index (χ4n) is 2.35. The Balaban J connectivity index is 2.00. The van der Waals surface area contributed by atoms with Crippen LogP contribution in [0, 0.1) is 11.3 Å². The molecule has 2 rings (SSSR count). The van der Waals surface area contributed by atoms with Gasteiger partial charge in [-0.15, -0.1) is 0 Å². The molecular weight excluding hydrogens is 292 g/mol. The molecule has 3 N–H and O–H groups in total. The highest BCUT2D eigenvalue weighted by molar-refractivity contribution is 6.31. The van der Waals surface area contributed by atoms with Gasteiger partial charge in [-0.25, -0.2) is 9.59 Å². The summed E-state index contributed by atoms with van der Waals surface area (Å²) in [6.07, 6.45) is 2.23. The number of aromatic carboxylic acids is 1. The number of carbonyl (C=O) groups excluding carboxylic acids is 1. The van der Waals surface area contributed by atoms with Gasteiger partial charge in [0, 0.05) is 11.6 Å². The van der Waals surface area contributed by atoms with Gasteiger partial charge in [-0.05, 0) is 42.4 Å². The molecule has 21 heavy (non-hydrogen) atoms. The maximum absolute atomic E-state index is 11.9. The van der Waals surface area contributed by atoms with Gasteiger partial charge >= 0.3 is 12.0 Å². The highest BCUT2D eigenvalue weighted by Gasteiger charge is 2.45. The van der Waals surface area contributed by atoms with Crippen LogP contribution in [0.15, 0.2) is 18.2 Å². The minimum Gasteiger partial charge on any atom is -0.478 e. The lowest BCUT2D eigenvalue weighted by atomic mass is 9.92. The van der Waals surface area contributed by atoms with Crippen LogP contribution >= 0.6 is 11.6 Å². The molecule has 1 aliphatic rings. The molecule has 0 heterocycles. The van der Waals surface area contributed by atoms with Gasteiger partial charge in [-0.2, -0.15) is 0 Å². The van der Waals surface area contributed by atoms with Gasteiger partial charge in [0.15, 0.2) is 0 Å². The smallest absolute Gasteiger partial charge is 0.337 e. The molecule has 0 spiro atoms. The summed E-state index contributed by atoms with van der Waals surface area (Å²) in [5.74, 6) is -0.596. The van der Waals surface area contributed by atoms with Crippen molar-refractivity contribution in [1.29, 1.82) is 0 Å². The number of anilines is 1. The SMILES string of the molecule is CC(C)C1(CNC(=O)Nc2cc(Cl)ccc2C(=O)O)CC1. The van der Waals surface area contributed by atoms with Crippen LogP contribution in [0.4, 0.5) is 10.5 Å². The van der Waals surface area contributed by atoms with Crippen molar-refractivity contribution in [2.24, 2.45) is 11.3 Å². The Morgan fingerprint density at radius 2 is 2.05 bits per heavy atom. The van der Waals surface area contributed by atoms with Crippen LogP contribution in [-0.4, -0.2) is 23.7 Å². The fourth-order valence-corrected chi connectivity index (χ4v) is 2.52. The number of benzene rings is 1. The van der Waals surface area contributed by atoms with E-state index in [1.54, 1.807) is 0 Å². The van der Waals surface area contributed by atoms with Gasteiger partial charge < -0.3 is 15.7 Å². The quantitative estimate of drug-likeness (QED) is 0.777. The van der Waals surface area contributed by atoms with Crippen LogP contribution in [0.25, 0.3) is 0 Å². The minimum absolute atomic E-state index is 0.0135. The summed E-state index contributed by atoms with van der Waals surface area (Å²) in [4.78, 5) is 23.1. The van der Waals surface area contributed by atoms with E-state index in [1.807, 2.05) is 0 Å². The monoisotopic (exact) mass is 310 g/mol. The molecule has 1 fully saturated rings. The standard InChI is InChI=1S/C15H19ClN2O3/c1-9(2)15(5-6-15)8-17-14(21)18-12-7-10(16)3-4-11(12)13(19)20/h3-4,7,9H,5-6,8H2,1-2H3,(H,19,20)(H2,17,18,21). The first-order valence-electron chi connectivity index (χ1n) is 6.92. The maximum Gasteiger partial charge on any atom is 0.337 e. The molecule has 0 radical (unpaired) electrons. The molecule has 0 bridgehead atoms. The molecule has 1 aromatic carbocycles. The van der Waals surface area contributed by atoms with Crippen molar-refractivity contribution in [3.8, 4) is 0 Å². The van der Waals surface area contributed by atoms with E-state index in [9.17, 15) is 9.59 Å². The zero-order chi connectivity index (χ0) is 15.6. The van der Waals surface area contributed by atoms with Crippen molar-refractivity contribution < 1.29 is 14.7 Å². The average molecular weight is 311 g/mol. The second kappa shape index (κ2) is 5.93. The Morgan fingerprint density at radius 3 is 2.57 bits per heavy atom. The number of urea groups is 1. The van der Waals surface area contributed by atoms with Crippen LogP contribution in [0.5, 0.6) is 0 Å². The molecule has 1 aliphatic carbocycles. The van der Waals surface area contributed by atoms with Gasteiger partial charge in [0.1, 0.15) is 0 Å². The predicted octanol–water partition coefficient (Wildman–Crippen LogP) is 3.60. The summed E-state index contributed by atoms with van der Waals surface area (Å²) >= 11 is 5.84. The molecule has 1 saturated carbocycles. The number of amides is 2. The molecule has 0 aromatic heterocycles. The van der Waals surface area contributed by atoms with Crippen LogP contribution < -0.4 is 10.6 Å². The molecule has 6 heteroatoms. The lowest BCUT2D eigenvalue weighted by Crippen LogP contribution is -2.35. The number of carboxylic acids is 1. The topological polar surface area (TPSA) is 78.4 Å². The van der Waals surface area contributed by atoms with Gasteiger partial charge in [0.25, 0.3) is 0 Å². The van der Waals surface area contributed by atoms with Crippen LogP contribution in [-0.2, 0) is 0 Å². The number of carbonyl (C=O) groups is 2. The molecule has 1 aromatic rings. The van der Waals surface area contributed by atoms with Gasteiger partial charge in [-0.1, -0.05) is 25.4 Å². The summed E-state index contributed by atoms with van der Waals surface area (Å²) < 4.78 is 0. The van der Waals surface area contributed by atoms with E-state index in [-0.39, 0.29) is 16.7 Å². The Morgan fingerprint density at radius 1 is 1.38 bits per heavy atom. The maximum atomic E-state index is 11.9. The first kappa shape index (κ1) is 15.6. The number of nitrogens with one attached hydrogen (secondary N) is 2. The van der Waals surface area contributed by atoms with Crippen LogP contribution in [0.1, 0.15) is 37.0 Å². The first-order valence-corrected chi connectivity index (χ1v) is 7.29. The number of hydrogen-bond donors (Lipinski definition) is 3. The predicted molar refractivity (Wildman–Crippen MR) is 81.9 cm³/mol. The Kier molecular flexibility index (Phi) is 4.42. The average Bonchev–Trinajstić information content (AvgIpc) is 3.17. The van der Waals surface area contributed by atoms with Crippen molar-refractivity contribution in [2.75, 3.05) is 11.9 Å². The van der Waals surface area contributed by atoms with E-state index in [0.717, 1.165) is 12.8 Å². The second-order valence-electron chi connectivity index (χ2n) is 5.82. The van der Waals surface area contributed by atoms with Gasteiger partial charge in [0.2, 0.25) is 0 Å². The number of hydrogen-bond acceptors (Lipinski definition) is 2. The highest BCUT2D eigenvalue weighted by atomic mass is 35.5. The molecule has 0 atom stereocenters. The van der Waals surface area contributed by atoms with Crippen molar-refractivity contribution >= 4 is 29.3 Å². The highest BCUT2D eigenvalue weighted by Crippen LogP contribution is 2.51. The van der Waals surface area contributed by atoms with E-state index >= 15 is 0 Å². The molecule has 0 saturated heterocycles. The summed E-state index contributed by atoms with van der Waals surface area (Å²) in [7, 11) is 0. The zero-order valence-corrected chi connectivity index (χ0v) is 12.8. The van der Waals surface area contributed by atoms with Crippen molar-refractivity contribution in [3.63, 3.8) is 0 Å². The lowest BCUT2D eigenvalue weighted by Gasteiger charge is -2.20. The largest absolute Gasteiger partial charge is 0.478 e. The van der Waals surface area contributed by atoms with E-state index in [4.69, 9.17) is 16.7 Å².